The zero-order chi connectivity index (χ0) is 9.54. The van der Waals surface area contributed by atoms with Gasteiger partial charge in [0, 0.05) is 12.5 Å². The van der Waals surface area contributed by atoms with E-state index in [0.29, 0.717) is 24.4 Å². The smallest absolute Gasteiger partial charge is 0.224 e. The molecule has 0 spiro atoms. The van der Waals surface area contributed by atoms with Gasteiger partial charge in [-0.2, -0.15) is 0 Å². The van der Waals surface area contributed by atoms with Gasteiger partial charge in [-0.1, -0.05) is 0 Å². The molecule has 2 saturated heterocycles. The van der Waals surface area contributed by atoms with E-state index >= 15 is 0 Å². The number of ether oxygens (including phenoxy) is 1. The fraction of sp³-hybridized carbons (Fsp3) is 0.900. The van der Waals surface area contributed by atoms with Crippen molar-refractivity contribution in [1.29, 1.82) is 0 Å². The van der Waals surface area contributed by atoms with Crippen molar-refractivity contribution in [1.82, 2.24) is 10.6 Å². The molecule has 0 radical (unpaired) electrons. The van der Waals surface area contributed by atoms with Gasteiger partial charge >= 0.3 is 0 Å². The van der Waals surface area contributed by atoms with Crippen molar-refractivity contribution in [3.63, 3.8) is 0 Å². The van der Waals surface area contributed by atoms with E-state index < -0.39 is 0 Å². The maximum Gasteiger partial charge on any atom is 0.224 e. The third-order valence-corrected chi connectivity index (χ3v) is 3.67. The maximum absolute atomic E-state index is 11.8. The second-order valence-electron chi connectivity index (χ2n) is 4.58. The Bertz CT molecular complexity index is 246. The minimum absolute atomic E-state index is 0. The molecule has 3 rings (SSSR count). The SMILES string of the molecule is Cl.O=C(NC1CCOC1)C1[C@H]2CNC[C@@H]12. The van der Waals surface area contributed by atoms with Gasteiger partial charge in [0.05, 0.1) is 12.6 Å². The molecule has 1 saturated carbocycles. The fourth-order valence-electron chi connectivity index (χ4n) is 2.75. The average molecular weight is 233 g/mol. The van der Waals surface area contributed by atoms with Crippen LogP contribution >= 0.6 is 12.4 Å². The van der Waals surface area contributed by atoms with Gasteiger partial charge in [0.1, 0.15) is 0 Å². The maximum atomic E-state index is 11.8. The minimum atomic E-state index is 0. The van der Waals surface area contributed by atoms with E-state index in [9.17, 15) is 4.79 Å². The Morgan fingerprint density at radius 2 is 2.07 bits per heavy atom. The second kappa shape index (κ2) is 4.28. The summed E-state index contributed by atoms with van der Waals surface area (Å²) < 4.78 is 5.23. The minimum Gasteiger partial charge on any atom is -0.379 e. The molecule has 2 N–H and O–H groups in total. The van der Waals surface area contributed by atoms with E-state index in [-0.39, 0.29) is 24.4 Å². The van der Waals surface area contributed by atoms with Crippen molar-refractivity contribution < 1.29 is 9.53 Å². The molecule has 0 aromatic rings. The monoisotopic (exact) mass is 232 g/mol. The lowest BCUT2D eigenvalue weighted by Crippen LogP contribution is -2.38. The lowest BCUT2D eigenvalue weighted by Gasteiger charge is -2.11. The van der Waals surface area contributed by atoms with Crippen LogP contribution in [0, 0.1) is 17.8 Å². The van der Waals surface area contributed by atoms with Crippen molar-refractivity contribution in [2.75, 3.05) is 26.3 Å². The third kappa shape index (κ3) is 1.98. The first-order chi connectivity index (χ1) is 6.86. The standard InChI is InChI=1S/C10H16N2O2.ClH/c13-10(12-6-1-2-14-5-6)9-7-3-11-4-8(7)9;/h6-9,11H,1-5H2,(H,12,13);1H/t6?,7-,8+,9?;. The topological polar surface area (TPSA) is 50.4 Å². The van der Waals surface area contributed by atoms with Crippen LogP contribution in [0.2, 0.25) is 0 Å². The van der Waals surface area contributed by atoms with Crippen LogP contribution in [0.4, 0.5) is 0 Å². The van der Waals surface area contributed by atoms with Crippen LogP contribution in [0.15, 0.2) is 0 Å². The zero-order valence-electron chi connectivity index (χ0n) is 8.57. The Kier molecular flexibility index (Phi) is 3.19. The van der Waals surface area contributed by atoms with Crippen molar-refractivity contribution in [2.24, 2.45) is 17.8 Å². The number of carbonyl (C=O) groups is 1. The van der Waals surface area contributed by atoms with Gasteiger partial charge in [0.2, 0.25) is 5.91 Å². The van der Waals surface area contributed by atoms with Crippen LogP contribution in [0.1, 0.15) is 6.42 Å². The third-order valence-electron chi connectivity index (χ3n) is 3.67. The molecule has 86 valence electrons. The lowest BCUT2D eigenvalue weighted by molar-refractivity contribution is -0.123. The molecule has 2 aliphatic heterocycles. The Labute approximate surface area is 95.5 Å². The Balaban J connectivity index is 0.000000853. The van der Waals surface area contributed by atoms with Crippen LogP contribution in [0.5, 0.6) is 0 Å². The van der Waals surface area contributed by atoms with Crippen LogP contribution in [0.3, 0.4) is 0 Å². The van der Waals surface area contributed by atoms with Crippen LogP contribution < -0.4 is 10.6 Å². The molecule has 2 unspecified atom stereocenters. The normalized spacial score (nSPS) is 41.9. The van der Waals surface area contributed by atoms with Crippen LogP contribution in [-0.4, -0.2) is 38.3 Å². The van der Waals surface area contributed by atoms with E-state index in [0.717, 1.165) is 26.1 Å². The first-order valence-corrected chi connectivity index (χ1v) is 5.45. The summed E-state index contributed by atoms with van der Waals surface area (Å²) >= 11 is 0. The molecule has 4 nitrogen and oxygen atoms in total. The summed E-state index contributed by atoms with van der Waals surface area (Å²) in [4.78, 5) is 11.8. The van der Waals surface area contributed by atoms with Gasteiger partial charge in [-0.25, -0.2) is 0 Å². The molecule has 1 aliphatic carbocycles. The molecule has 3 aliphatic rings. The summed E-state index contributed by atoms with van der Waals surface area (Å²) in [7, 11) is 0. The van der Waals surface area contributed by atoms with Gasteiger partial charge in [-0.15, -0.1) is 12.4 Å². The number of amides is 1. The molecule has 0 aromatic carbocycles. The number of hydrogen-bond acceptors (Lipinski definition) is 3. The Hall–Kier alpha value is -0.320. The van der Waals surface area contributed by atoms with Crippen molar-refractivity contribution in [3.8, 4) is 0 Å². The predicted molar refractivity (Wildman–Crippen MR) is 58.0 cm³/mol. The van der Waals surface area contributed by atoms with Crippen LogP contribution in [-0.2, 0) is 9.53 Å². The molecule has 15 heavy (non-hydrogen) atoms. The van der Waals surface area contributed by atoms with E-state index in [4.69, 9.17) is 4.74 Å². The van der Waals surface area contributed by atoms with Crippen LogP contribution in [0.25, 0.3) is 0 Å². The number of rotatable bonds is 2. The molecule has 0 bridgehead atoms. The summed E-state index contributed by atoms with van der Waals surface area (Å²) in [6.45, 7) is 3.56. The molecule has 2 heterocycles. The highest BCUT2D eigenvalue weighted by Crippen LogP contribution is 2.48. The Morgan fingerprint density at radius 1 is 1.33 bits per heavy atom. The zero-order valence-corrected chi connectivity index (χ0v) is 9.39. The summed E-state index contributed by atoms with van der Waals surface area (Å²) in [6.07, 6.45) is 0.978. The molecule has 4 atom stereocenters. The summed E-state index contributed by atoms with van der Waals surface area (Å²) in [6, 6.07) is 0.275. The van der Waals surface area contributed by atoms with Gasteiger partial charge in [-0.3, -0.25) is 4.79 Å². The highest BCUT2D eigenvalue weighted by atomic mass is 35.5. The number of nitrogens with one attached hydrogen (secondary N) is 2. The summed E-state index contributed by atoms with van der Waals surface area (Å²) in [5.41, 5.74) is 0. The second-order valence-corrected chi connectivity index (χ2v) is 4.58. The highest BCUT2D eigenvalue weighted by molar-refractivity contribution is 5.85. The van der Waals surface area contributed by atoms with E-state index in [1.807, 2.05) is 0 Å². The lowest BCUT2D eigenvalue weighted by atomic mass is 10.2. The molecule has 5 heteroatoms. The first-order valence-electron chi connectivity index (χ1n) is 5.45. The molecule has 0 aromatic heterocycles. The molecular formula is C10H17ClN2O2. The summed E-state index contributed by atoms with van der Waals surface area (Å²) in [5, 5.41) is 6.37. The predicted octanol–water partition coefficient (Wildman–Crippen LogP) is -0.221. The molecule has 3 fully saturated rings. The highest BCUT2D eigenvalue weighted by Gasteiger charge is 2.57. The average Bonchev–Trinajstić information content (AvgIpc) is 2.63. The number of fused-ring (bicyclic) bond motifs is 1. The number of halogens is 1. The van der Waals surface area contributed by atoms with Gasteiger partial charge in [-0.05, 0) is 31.3 Å². The van der Waals surface area contributed by atoms with E-state index in [1.165, 1.54) is 0 Å². The van der Waals surface area contributed by atoms with E-state index in [2.05, 4.69) is 10.6 Å². The quantitative estimate of drug-likeness (QED) is 0.692. The molecular weight excluding hydrogens is 216 g/mol. The van der Waals surface area contributed by atoms with Gasteiger partial charge in [0.15, 0.2) is 0 Å². The Morgan fingerprint density at radius 3 is 2.67 bits per heavy atom. The van der Waals surface area contributed by atoms with Gasteiger partial charge in [0.25, 0.3) is 0 Å². The first kappa shape index (κ1) is 11.2. The van der Waals surface area contributed by atoms with E-state index in [1.54, 1.807) is 0 Å². The van der Waals surface area contributed by atoms with Gasteiger partial charge < -0.3 is 15.4 Å². The molecule has 1 amide bonds. The largest absolute Gasteiger partial charge is 0.379 e. The van der Waals surface area contributed by atoms with Crippen molar-refractivity contribution in [3.05, 3.63) is 0 Å². The number of hydrogen-bond donors (Lipinski definition) is 2. The number of piperidine rings is 1. The van der Waals surface area contributed by atoms with Crippen molar-refractivity contribution in [2.45, 2.75) is 12.5 Å². The summed E-state index contributed by atoms with van der Waals surface area (Å²) in [5.74, 6) is 1.81. The fourth-order valence-corrected chi connectivity index (χ4v) is 2.75. The van der Waals surface area contributed by atoms with Crippen molar-refractivity contribution >= 4 is 18.3 Å². The number of carbonyl (C=O) groups excluding carboxylic acids is 1.